The summed E-state index contributed by atoms with van der Waals surface area (Å²) in [6.07, 6.45) is 1.50. The number of nitrogens with one attached hydrogen (secondary N) is 1. The summed E-state index contributed by atoms with van der Waals surface area (Å²) < 4.78 is 6.82. The number of furan rings is 1. The van der Waals surface area contributed by atoms with Gasteiger partial charge in [0.25, 0.3) is 0 Å². The second-order valence-corrected chi connectivity index (χ2v) is 4.56. The Balaban J connectivity index is 1.78. The summed E-state index contributed by atoms with van der Waals surface area (Å²) in [5.74, 6) is 0.927. The number of halogens is 1. The number of nitriles is 1. The van der Waals surface area contributed by atoms with Gasteiger partial charge in [0, 0.05) is 0 Å². The van der Waals surface area contributed by atoms with Crippen LogP contribution in [0.4, 0.5) is 5.69 Å². The van der Waals surface area contributed by atoms with Crippen LogP contribution in [0.2, 0.25) is 5.02 Å². The van der Waals surface area contributed by atoms with Crippen molar-refractivity contribution in [3.63, 3.8) is 0 Å². The molecular formula is C13H9ClN6O. The van der Waals surface area contributed by atoms with Crippen molar-refractivity contribution < 1.29 is 4.42 Å². The molecule has 8 heteroatoms. The van der Waals surface area contributed by atoms with E-state index in [9.17, 15) is 0 Å². The van der Waals surface area contributed by atoms with Crippen LogP contribution in [-0.2, 0) is 6.54 Å². The van der Waals surface area contributed by atoms with Crippen LogP contribution in [0.5, 0.6) is 0 Å². The fraction of sp³-hybridized carbons (Fsp3) is 0.0769. The van der Waals surface area contributed by atoms with E-state index in [2.05, 4.69) is 20.8 Å². The largest absolute Gasteiger partial charge is 0.449 e. The Morgan fingerprint density at radius 1 is 1.33 bits per heavy atom. The lowest BCUT2D eigenvalue weighted by molar-refractivity contribution is 0.506. The number of rotatable bonds is 4. The molecule has 0 fully saturated rings. The average Bonchev–Trinajstić information content (AvgIpc) is 3.18. The second-order valence-electron chi connectivity index (χ2n) is 4.15. The number of tetrazole rings is 1. The summed E-state index contributed by atoms with van der Waals surface area (Å²) >= 11 is 6.15. The molecule has 0 radical (unpaired) electrons. The topological polar surface area (TPSA) is 92.6 Å². The van der Waals surface area contributed by atoms with Crippen LogP contribution in [0.25, 0.3) is 5.69 Å². The summed E-state index contributed by atoms with van der Waals surface area (Å²) in [4.78, 5) is 0. The number of aromatic nitrogens is 4. The summed E-state index contributed by atoms with van der Waals surface area (Å²) in [7, 11) is 0. The van der Waals surface area contributed by atoms with Crippen LogP contribution < -0.4 is 5.32 Å². The van der Waals surface area contributed by atoms with Crippen LogP contribution in [-0.4, -0.2) is 20.2 Å². The summed E-state index contributed by atoms with van der Waals surface area (Å²) in [6, 6.07) is 10.7. The summed E-state index contributed by atoms with van der Waals surface area (Å²) in [5, 5.41) is 23.4. The fourth-order valence-electron chi connectivity index (χ4n) is 1.79. The maximum Gasteiger partial charge on any atom is 0.203 e. The monoisotopic (exact) mass is 300 g/mol. The number of nitrogens with zero attached hydrogens (tertiary/aromatic N) is 5. The Hall–Kier alpha value is -2.85. The van der Waals surface area contributed by atoms with E-state index in [1.165, 1.54) is 11.0 Å². The van der Waals surface area contributed by atoms with Crippen LogP contribution in [0, 0.1) is 11.3 Å². The summed E-state index contributed by atoms with van der Waals surface area (Å²) in [5.41, 5.74) is 1.50. The van der Waals surface area contributed by atoms with Crippen molar-refractivity contribution in [1.29, 1.82) is 5.26 Å². The zero-order valence-electron chi connectivity index (χ0n) is 10.7. The Morgan fingerprint density at radius 3 is 2.95 bits per heavy atom. The number of hydrogen-bond acceptors (Lipinski definition) is 6. The van der Waals surface area contributed by atoms with Crippen molar-refractivity contribution in [3.8, 4) is 11.8 Å². The molecule has 2 aromatic heterocycles. The number of benzene rings is 1. The number of hydrogen-bond donors (Lipinski definition) is 1. The molecule has 7 nitrogen and oxygen atoms in total. The Labute approximate surface area is 124 Å². The Bertz CT molecular complexity index is 789. The molecule has 3 rings (SSSR count). The molecule has 0 saturated heterocycles. The lowest BCUT2D eigenvalue weighted by atomic mass is 10.2. The van der Waals surface area contributed by atoms with Gasteiger partial charge in [0.2, 0.25) is 5.76 Å². The molecule has 0 aliphatic carbocycles. The third-order valence-electron chi connectivity index (χ3n) is 2.79. The maximum atomic E-state index is 8.72. The highest BCUT2D eigenvalue weighted by atomic mass is 35.5. The van der Waals surface area contributed by atoms with Gasteiger partial charge in [-0.1, -0.05) is 11.6 Å². The minimum atomic E-state index is 0.278. The van der Waals surface area contributed by atoms with Crippen molar-refractivity contribution in [2.45, 2.75) is 6.54 Å². The van der Waals surface area contributed by atoms with E-state index >= 15 is 0 Å². The molecule has 0 bridgehead atoms. The SMILES string of the molecule is N#Cc1ccc(CNc2cc(-n3cnnn3)ccc2Cl)o1. The molecule has 1 N–H and O–H groups in total. The fourth-order valence-corrected chi connectivity index (χ4v) is 1.97. The Kier molecular flexibility index (Phi) is 3.53. The van der Waals surface area contributed by atoms with Gasteiger partial charge in [-0.2, -0.15) is 5.26 Å². The van der Waals surface area contributed by atoms with Crippen molar-refractivity contribution in [2.24, 2.45) is 0 Å². The van der Waals surface area contributed by atoms with Gasteiger partial charge in [-0.25, -0.2) is 4.68 Å². The number of anilines is 1. The van der Waals surface area contributed by atoms with Crippen LogP contribution >= 0.6 is 11.6 Å². The molecule has 0 spiro atoms. The van der Waals surface area contributed by atoms with E-state index in [0.717, 1.165) is 11.4 Å². The van der Waals surface area contributed by atoms with Gasteiger partial charge in [-0.05, 0) is 40.8 Å². The molecule has 3 aromatic rings. The first-order chi connectivity index (χ1) is 10.3. The van der Waals surface area contributed by atoms with E-state index in [4.69, 9.17) is 21.3 Å². The standard InChI is InChI=1S/C13H9ClN6O/c14-12-4-1-9(20-8-17-18-19-20)5-13(12)16-7-11-3-2-10(6-15)21-11/h1-5,8,16H,7H2. The minimum Gasteiger partial charge on any atom is -0.449 e. The van der Waals surface area contributed by atoms with Crippen molar-refractivity contribution in [1.82, 2.24) is 20.2 Å². The van der Waals surface area contributed by atoms with E-state index < -0.39 is 0 Å². The molecule has 0 atom stereocenters. The van der Waals surface area contributed by atoms with E-state index in [1.807, 2.05) is 18.2 Å². The lowest BCUT2D eigenvalue weighted by Crippen LogP contribution is -2.01. The highest BCUT2D eigenvalue weighted by molar-refractivity contribution is 6.33. The van der Waals surface area contributed by atoms with Crippen molar-refractivity contribution in [3.05, 3.63) is 53.2 Å². The minimum absolute atomic E-state index is 0.278. The third-order valence-corrected chi connectivity index (χ3v) is 3.12. The highest BCUT2D eigenvalue weighted by Crippen LogP contribution is 2.25. The van der Waals surface area contributed by atoms with E-state index in [-0.39, 0.29) is 5.76 Å². The first-order valence-corrected chi connectivity index (χ1v) is 6.39. The molecule has 0 amide bonds. The second kappa shape index (κ2) is 5.64. The molecule has 0 saturated carbocycles. The molecule has 0 aliphatic rings. The predicted molar refractivity (Wildman–Crippen MR) is 74.9 cm³/mol. The van der Waals surface area contributed by atoms with Gasteiger partial charge < -0.3 is 9.73 Å². The third kappa shape index (κ3) is 2.85. The smallest absolute Gasteiger partial charge is 0.203 e. The lowest BCUT2D eigenvalue weighted by Gasteiger charge is -2.09. The van der Waals surface area contributed by atoms with Crippen LogP contribution in [0.3, 0.4) is 0 Å². The molecule has 0 unspecified atom stereocenters. The van der Waals surface area contributed by atoms with Crippen LogP contribution in [0.15, 0.2) is 41.1 Å². The maximum absolute atomic E-state index is 8.72. The molecular weight excluding hydrogens is 292 g/mol. The molecule has 21 heavy (non-hydrogen) atoms. The van der Waals surface area contributed by atoms with Gasteiger partial charge in [-0.15, -0.1) is 5.10 Å². The molecule has 1 aromatic carbocycles. The van der Waals surface area contributed by atoms with Crippen molar-refractivity contribution in [2.75, 3.05) is 5.32 Å². The molecule has 104 valence electrons. The van der Waals surface area contributed by atoms with Gasteiger partial charge >= 0.3 is 0 Å². The van der Waals surface area contributed by atoms with E-state index in [1.54, 1.807) is 18.2 Å². The Morgan fingerprint density at radius 2 is 2.24 bits per heavy atom. The first kappa shape index (κ1) is 13.1. The quantitative estimate of drug-likeness (QED) is 0.795. The van der Waals surface area contributed by atoms with Gasteiger partial charge in [-0.3, -0.25) is 0 Å². The molecule has 0 aliphatic heterocycles. The highest BCUT2D eigenvalue weighted by Gasteiger charge is 2.06. The normalized spacial score (nSPS) is 10.3. The zero-order valence-corrected chi connectivity index (χ0v) is 11.4. The van der Waals surface area contributed by atoms with Gasteiger partial charge in [0.05, 0.1) is 22.9 Å². The predicted octanol–water partition coefficient (Wildman–Crippen LogP) is 2.39. The van der Waals surface area contributed by atoms with Gasteiger partial charge in [0.15, 0.2) is 0 Å². The summed E-state index contributed by atoms with van der Waals surface area (Å²) in [6.45, 7) is 0.417. The van der Waals surface area contributed by atoms with Gasteiger partial charge in [0.1, 0.15) is 18.2 Å². The molecule has 2 heterocycles. The zero-order chi connectivity index (χ0) is 14.7. The first-order valence-electron chi connectivity index (χ1n) is 6.02. The van der Waals surface area contributed by atoms with Crippen LogP contribution in [0.1, 0.15) is 11.5 Å². The van der Waals surface area contributed by atoms with Crippen molar-refractivity contribution >= 4 is 17.3 Å². The average molecular weight is 301 g/mol. The van der Waals surface area contributed by atoms with E-state index in [0.29, 0.717) is 17.3 Å².